The molecule has 4 heteroatoms. The topological polar surface area (TPSA) is 20.3 Å². The maximum Gasteiger partial charge on any atom is 0.227 e. The van der Waals surface area contributed by atoms with Gasteiger partial charge < -0.3 is 4.90 Å². The van der Waals surface area contributed by atoms with E-state index >= 15 is 0 Å². The molecule has 3 rings (SSSR count). The van der Waals surface area contributed by atoms with Crippen molar-refractivity contribution in [3.05, 3.63) is 35.6 Å². The summed E-state index contributed by atoms with van der Waals surface area (Å²) in [5.74, 6) is -0.0364. The predicted molar refractivity (Wildman–Crippen MR) is 80.3 cm³/mol. The van der Waals surface area contributed by atoms with Gasteiger partial charge in [0, 0.05) is 17.3 Å². The number of hydrogen-bond acceptors (Lipinski definition) is 2. The minimum absolute atomic E-state index is 0.212. The van der Waals surface area contributed by atoms with E-state index < -0.39 is 0 Å². The minimum atomic E-state index is -0.248. The Kier molecular flexibility index (Phi) is 4.01. The predicted octanol–water partition coefficient (Wildman–Crippen LogP) is 3.25. The van der Waals surface area contributed by atoms with Crippen LogP contribution in [0.4, 0.5) is 4.39 Å². The van der Waals surface area contributed by atoms with Crippen LogP contribution in [-0.2, 0) is 11.2 Å². The van der Waals surface area contributed by atoms with Crippen molar-refractivity contribution in [2.45, 2.75) is 49.4 Å². The van der Waals surface area contributed by atoms with E-state index in [4.69, 9.17) is 0 Å². The van der Waals surface area contributed by atoms with Crippen LogP contribution in [0.3, 0.4) is 0 Å². The molecule has 0 saturated carbocycles. The summed E-state index contributed by atoms with van der Waals surface area (Å²) >= 11 is 1.93. The standard InChI is InChI=1S/C16H20FNOS/c1-20-15-9-13-6-7-14(10-15)18(13)16(19)8-11-2-4-12(17)5-3-11/h2-5,13-15H,6-10H2,1H3. The second-order valence-electron chi connectivity index (χ2n) is 5.82. The Morgan fingerprint density at radius 1 is 1.25 bits per heavy atom. The van der Waals surface area contributed by atoms with Gasteiger partial charge in [0.25, 0.3) is 0 Å². The van der Waals surface area contributed by atoms with Crippen molar-refractivity contribution >= 4 is 17.7 Å². The summed E-state index contributed by atoms with van der Waals surface area (Å²) in [6, 6.07) is 7.14. The summed E-state index contributed by atoms with van der Waals surface area (Å²) in [6.07, 6.45) is 7.13. The Morgan fingerprint density at radius 3 is 2.40 bits per heavy atom. The molecule has 2 nitrogen and oxygen atoms in total. The molecule has 0 N–H and O–H groups in total. The summed E-state index contributed by atoms with van der Waals surface area (Å²) in [7, 11) is 0. The molecular weight excluding hydrogens is 273 g/mol. The van der Waals surface area contributed by atoms with Crippen molar-refractivity contribution in [1.82, 2.24) is 4.90 Å². The van der Waals surface area contributed by atoms with Gasteiger partial charge in [-0.1, -0.05) is 12.1 Å². The number of amides is 1. The first-order chi connectivity index (χ1) is 9.67. The van der Waals surface area contributed by atoms with Crippen LogP contribution in [0.1, 0.15) is 31.2 Å². The third-order valence-corrected chi connectivity index (χ3v) is 5.63. The van der Waals surface area contributed by atoms with Gasteiger partial charge in [0.05, 0.1) is 6.42 Å². The first kappa shape index (κ1) is 13.9. The van der Waals surface area contributed by atoms with E-state index in [1.807, 2.05) is 11.8 Å². The minimum Gasteiger partial charge on any atom is -0.336 e. The summed E-state index contributed by atoms with van der Waals surface area (Å²) < 4.78 is 12.9. The highest BCUT2D eigenvalue weighted by atomic mass is 32.2. The van der Waals surface area contributed by atoms with Crippen molar-refractivity contribution in [2.75, 3.05) is 6.26 Å². The van der Waals surface area contributed by atoms with Crippen LogP contribution in [-0.4, -0.2) is 34.4 Å². The zero-order valence-corrected chi connectivity index (χ0v) is 12.5. The van der Waals surface area contributed by atoms with Gasteiger partial charge in [-0.05, 0) is 49.6 Å². The van der Waals surface area contributed by atoms with Gasteiger partial charge >= 0.3 is 0 Å². The number of nitrogens with zero attached hydrogens (tertiary/aromatic N) is 1. The number of fused-ring (bicyclic) bond motifs is 2. The Bertz CT molecular complexity index is 476. The summed E-state index contributed by atoms with van der Waals surface area (Å²) in [4.78, 5) is 14.7. The second kappa shape index (κ2) is 5.76. The number of benzene rings is 1. The maximum atomic E-state index is 12.9. The molecule has 0 aliphatic carbocycles. The molecule has 1 aromatic carbocycles. The fourth-order valence-corrected chi connectivity index (χ4v) is 4.42. The number of halogens is 1. The first-order valence-electron chi connectivity index (χ1n) is 7.26. The lowest BCUT2D eigenvalue weighted by atomic mass is 10.0. The third-order valence-electron chi connectivity index (χ3n) is 4.58. The molecule has 1 aromatic rings. The summed E-state index contributed by atoms with van der Waals surface area (Å²) in [5, 5.41) is 0.711. The first-order valence-corrected chi connectivity index (χ1v) is 8.54. The molecule has 2 unspecified atom stereocenters. The molecule has 2 heterocycles. The van der Waals surface area contributed by atoms with Crippen molar-refractivity contribution < 1.29 is 9.18 Å². The zero-order valence-electron chi connectivity index (χ0n) is 11.7. The highest BCUT2D eigenvalue weighted by Gasteiger charge is 2.42. The molecular formula is C16H20FNOS. The van der Waals surface area contributed by atoms with Gasteiger partial charge in [-0.15, -0.1) is 0 Å². The lowest BCUT2D eigenvalue weighted by Crippen LogP contribution is -2.47. The van der Waals surface area contributed by atoms with Gasteiger partial charge in [0.1, 0.15) is 5.82 Å². The number of carbonyl (C=O) groups is 1. The molecule has 0 aromatic heterocycles. The average molecular weight is 293 g/mol. The van der Waals surface area contributed by atoms with E-state index in [0.717, 1.165) is 31.2 Å². The number of rotatable bonds is 3. The van der Waals surface area contributed by atoms with E-state index in [1.165, 1.54) is 12.1 Å². The summed E-state index contributed by atoms with van der Waals surface area (Å²) in [5.41, 5.74) is 0.905. The molecule has 2 atom stereocenters. The van der Waals surface area contributed by atoms with E-state index in [-0.39, 0.29) is 11.7 Å². The van der Waals surface area contributed by atoms with Crippen molar-refractivity contribution in [2.24, 2.45) is 0 Å². The average Bonchev–Trinajstić information content (AvgIpc) is 2.72. The van der Waals surface area contributed by atoms with E-state index in [2.05, 4.69) is 11.2 Å². The second-order valence-corrected chi connectivity index (χ2v) is 6.96. The number of piperidine rings is 1. The van der Waals surface area contributed by atoms with Gasteiger partial charge in [0.2, 0.25) is 5.91 Å². The third kappa shape index (κ3) is 2.71. The number of carbonyl (C=O) groups excluding carboxylic acids is 1. The van der Waals surface area contributed by atoms with E-state index in [0.29, 0.717) is 23.8 Å². The smallest absolute Gasteiger partial charge is 0.227 e. The fraction of sp³-hybridized carbons (Fsp3) is 0.562. The van der Waals surface area contributed by atoms with Gasteiger partial charge in [-0.2, -0.15) is 11.8 Å². The summed E-state index contributed by atoms with van der Waals surface area (Å²) in [6.45, 7) is 0. The fourth-order valence-electron chi connectivity index (χ4n) is 3.59. The molecule has 2 bridgehead atoms. The highest BCUT2D eigenvalue weighted by molar-refractivity contribution is 7.99. The van der Waals surface area contributed by atoms with Crippen LogP contribution in [0.25, 0.3) is 0 Å². The van der Waals surface area contributed by atoms with E-state index in [1.54, 1.807) is 12.1 Å². The van der Waals surface area contributed by atoms with Crippen molar-refractivity contribution in [1.29, 1.82) is 0 Å². The Hall–Kier alpha value is -1.03. The Balaban J connectivity index is 1.67. The lowest BCUT2D eigenvalue weighted by Gasteiger charge is -2.38. The van der Waals surface area contributed by atoms with Gasteiger partial charge in [0.15, 0.2) is 0 Å². The molecule has 0 radical (unpaired) electrons. The van der Waals surface area contributed by atoms with Crippen LogP contribution in [0.2, 0.25) is 0 Å². The normalized spacial score (nSPS) is 28.7. The molecule has 2 aliphatic rings. The highest BCUT2D eigenvalue weighted by Crippen LogP contribution is 2.39. The monoisotopic (exact) mass is 293 g/mol. The lowest BCUT2D eigenvalue weighted by molar-refractivity contribution is -0.134. The zero-order chi connectivity index (χ0) is 14.1. The van der Waals surface area contributed by atoms with Crippen LogP contribution in [0.15, 0.2) is 24.3 Å². The number of thioether (sulfide) groups is 1. The largest absolute Gasteiger partial charge is 0.336 e. The molecule has 2 saturated heterocycles. The van der Waals surface area contributed by atoms with Crippen LogP contribution >= 0.6 is 11.8 Å². The Labute approximate surface area is 123 Å². The molecule has 20 heavy (non-hydrogen) atoms. The molecule has 2 fully saturated rings. The SMILES string of the molecule is CSC1CC2CCC(C1)N2C(=O)Cc1ccc(F)cc1. The molecule has 1 amide bonds. The van der Waals surface area contributed by atoms with Crippen molar-refractivity contribution in [3.8, 4) is 0 Å². The maximum absolute atomic E-state index is 12.9. The molecule has 2 aliphatic heterocycles. The van der Waals surface area contributed by atoms with E-state index in [9.17, 15) is 9.18 Å². The number of hydrogen-bond donors (Lipinski definition) is 0. The van der Waals surface area contributed by atoms with Crippen molar-refractivity contribution in [3.63, 3.8) is 0 Å². The van der Waals surface area contributed by atoms with Crippen LogP contribution in [0.5, 0.6) is 0 Å². The molecule has 0 spiro atoms. The quantitative estimate of drug-likeness (QED) is 0.852. The molecule has 108 valence electrons. The van der Waals surface area contributed by atoms with Gasteiger partial charge in [-0.3, -0.25) is 4.79 Å². The van der Waals surface area contributed by atoms with Crippen LogP contribution in [0, 0.1) is 5.82 Å². The van der Waals surface area contributed by atoms with Gasteiger partial charge in [-0.25, -0.2) is 4.39 Å². The Morgan fingerprint density at radius 2 is 1.85 bits per heavy atom. The van der Waals surface area contributed by atoms with Crippen LogP contribution < -0.4 is 0 Å².